The molecule has 0 saturated heterocycles. The highest BCUT2D eigenvalue weighted by Crippen LogP contribution is 2.49. The van der Waals surface area contributed by atoms with E-state index in [1.165, 1.54) is 22.2 Å². The number of carbonyl (C=O) groups is 1. The lowest BCUT2D eigenvalue weighted by atomic mass is 9.69. The molecule has 2 aromatic rings. The fourth-order valence-electron chi connectivity index (χ4n) is 5.27. The normalized spacial score (nSPS) is 23.6. The van der Waals surface area contributed by atoms with Gasteiger partial charge >= 0.3 is 6.18 Å². The van der Waals surface area contributed by atoms with Crippen molar-refractivity contribution < 1.29 is 18.0 Å². The number of thiophene rings is 1. The lowest BCUT2D eigenvalue weighted by Crippen LogP contribution is -2.46. The maximum Gasteiger partial charge on any atom is 0.435 e. The van der Waals surface area contributed by atoms with Gasteiger partial charge in [-0.1, -0.05) is 30.4 Å². The van der Waals surface area contributed by atoms with E-state index in [-0.39, 0.29) is 29.3 Å². The van der Waals surface area contributed by atoms with Crippen molar-refractivity contribution in [2.45, 2.75) is 51.0 Å². The summed E-state index contributed by atoms with van der Waals surface area (Å²) in [6.07, 6.45) is 7.58. The van der Waals surface area contributed by atoms with E-state index in [0.717, 1.165) is 10.4 Å². The van der Waals surface area contributed by atoms with E-state index in [2.05, 4.69) is 11.2 Å². The van der Waals surface area contributed by atoms with Crippen LogP contribution in [0.2, 0.25) is 0 Å². The Labute approximate surface area is 219 Å². The van der Waals surface area contributed by atoms with Gasteiger partial charge in [0.05, 0.1) is 6.54 Å². The van der Waals surface area contributed by atoms with Crippen LogP contribution in [0.4, 0.5) is 13.2 Å². The predicted molar refractivity (Wildman–Crippen MR) is 137 cm³/mol. The van der Waals surface area contributed by atoms with Crippen LogP contribution in [0.25, 0.3) is 0 Å². The van der Waals surface area contributed by atoms with Crippen molar-refractivity contribution >= 4 is 17.2 Å². The maximum absolute atomic E-state index is 14.0. The first kappa shape index (κ1) is 26.9. The van der Waals surface area contributed by atoms with Crippen LogP contribution >= 0.6 is 11.3 Å². The number of nitrogens with zero attached hydrogens (tertiary/aromatic N) is 5. The van der Waals surface area contributed by atoms with Crippen molar-refractivity contribution in [3.05, 3.63) is 75.3 Å². The topological polar surface area (TPSA) is 65.2 Å². The average Bonchev–Trinajstić information content (AvgIpc) is 3.47. The second kappa shape index (κ2) is 10.7. The highest BCUT2D eigenvalue weighted by Gasteiger charge is 2.45. The van der Waals surface area contributed by atoms with Gasteiger partial charge in [0.15, 0.2) is 5.69 Å². The number of allylic oxidation sites excluding steroid dienone is 4. The molecule has 4 atom stereocenters. The summed E-state index contributed by atoms with van der Waals surface area (Å²) in [7, 11) is 3.82. The Morgan fingerprint density at radius 3 is 2.68 bits per heavy atom. The van der Waals surface area contributed by atoms with E-state index < -0.39 is 17.8 Å². The van der Waals surface area contributed by atoms with Crippen LogP contribution in [0.5, 0.6) is 0 Å². The van der Waals surface area contributed by atoms with Gasteiger partial charge in [-0.15, -0.1) is 11.3 Å². The Hall–Kier alpha value is -3.16. The third-order valence-electron chi connectivity index (χ3n) is 6.98. The van der Waals surface area contributed by atoms with Gasteiger partial charge in [-0.25, -0.2) is 0 Å². The summed E-state index contributed by atoms with van der Waals surface area (Å²) in [4.78, 5) is 18.4. The molecule has 1 aliphatic heterocycles. The Bertz CT molecular complexity index is 1280. The number of fused-ring (bicyclic) bond motifs is 1. The van der Waals surface area contributed by atoms with Gasteiger partial charge in [-0.3, -0.25) is 9.48 Å². The van der Waals surface area contributed by atoms with Gasteiger partial charge < -0.3 is 9.80 Å². The number of rotatable bonds is 6. The summed E-state index contributed by atoms with van der Waals surface area (Å²) < 4.78 is 43.4. The summed E-state index contributed by atoms with van der Waals surface area (Å²) in [5, 5.41) is 13.4. The number of nitriles is 1. The number of hydrogen-bond acceptors (Lipinski definition) is 5. The standard InChI is InChI=1S/C27H30F3N5OS/c1-5-34-15-22(26(32-34)27(28,29)30)19-9-6-7-10-20(19)25-17(2)35(24(36)11-8-12-33(3)4)16-23-21(25)13-18(14-31)37-23/h6-11,13,15,17,19-20,25H,5,12,16H2,1-4H3/b11-8+/t17-,19?,20?,25+/m1/s1. The molecular formula is C27H30F3N5OS. The van der Waals surface area contributed by atoms with Crippen molar-refractivity contribution in [3.63, 3.8) is 0 Å². The van der Waals surface area contributed by atoms with Crippen LogP contribution in [-0.2, 0) is 24.1 Å². The molecule has 1 aliphatic carbocycles. The predicted octanol–water partition coefficient (Wildman–Crippen LogP) is 5.31. The van der Waals surface area contributed by atoms with Gasteiger partial charge in [0.1, 0.15) is 10.9 Å². The van der Waals surface area contributed by atoms with Gasteiger partial charge in [-0.05, 0) is 45.5 Å². The molecule has 0 N–H and O–H groups in total. The van der Waals surface area contributed by atoms with E-state index in [9.17, 15) is 23.2 Å². The first-order valence-electron chi connectivity index (χ1n) is 12.2. The monoisotopic (exact) mass is 529 g/mol. The zero-order chi connectivity index (χ0) is 26.9. The molecule has 0 saturated carbocycles. The van der Waals surface area contributed by atoms with Crippen molar-refractivity contribution in [2.75, 3.05) is 20.6 Å². The number of carbonyl (C=O) groups excluding carboxylic acids is 1. The highest BCUT2D eigenvalue weighted by molar-refractivity contribution is 7.12. The molecular weight excluding hydrogens is 499 g/mol. The number of halogens is 3. The second-order valence-corrected chi connectivity index (χ2v) is 10.8. The molecule has 2 aromatic heterocycles. The third-order valence-corrected chi connectivity index (χ3v) is 8.02. The fraction of sp³-hybridized carbons (Fsp3) is 0.444. The van der Waals surface area contributed by atoms with Gasteiger partial charge in [0, 0.05) is 53.7 Å². The number of hydrogen-bond donors (Lipinski definition) is 0. The van der Waals surface area contributed by atoms with Gasteiger partial charge in [-0.2, -0.15) is 23.5 Å². The lowest BCUT2D eigenvalue weighted by molar-refractivity contribution is -0.142. The van der Waals surface area contributed by atoms with Crippen LogP contribution in [-0.4, -0.2) is 52.2 Å². The molecule has 2 aliphatic rings. The molecule has 0 radical (unpaired) electrons. The van der Waals surface area contributed by atoms with E-state index in [1.54, 1.807) is 36.1 Å². The van der Waals surface area contributed by atoms with E-state index in [0.29, 0.717) is 24.5 Å². The largest absolute Gasteiger partial charge is 0.435 e. The summed E-state index contributed by atoms with van der Waals surface area (Å²) in [6, 6.07) is 3.74. The number of alkyl halides is 3. The quantitative estimate of drug-likeness (QED) is 0.476. The SMILES string of the molecule is CCn1cc(C2C=CC=CC2[C@H]2c3cc(C#N)sc3CN(C(=O)/C=C/CN(C)C)[C@@H]2C)c(C(F)(F)F)n1. The van der Waals surface area contributed by atoms with Crippen LogP contribution in [0, 0.1) is 17.2 Å². The second-order valence-electron chi connectivity index (χ2n) is 9.66. The van der Waals surface area contributed by atoms with E-state index in [1.807, 2.05) is 44.1 Å². The molecule has 0 fully saturated rings. The Morgan fingerprint density at radius 2 is 2.03 bits per heavy atom. The molecule has 10 heteroatoms. The first-order chi connectivity index (χ1) is 17.5. The minimum atomic E-state index is -4.59. The average molecular weight is 530 g/mol. The molecule has 4 rings (SSSR count). The first-order valence-corrected chi connectivity index (χ1v) is 13.0. The van der Waals surface area contributed by atoms with Gasteiger partial charge in [0.25, 0.3) is 0 Å². The Balaban J connectivity index is 1.78. The molecule has 0 spiro atoms. The highest BCUT2D eigenvalue weighted by atomic mass is 32.1. The summed E-state index contributed by atoms with van der Waals surface area (Å²) in [5.74, 6) is -1.41. The Morgan fingerprint density at radius 1 is 1.30 bits per heavy atom. The van der Waals surface area contributed by atoms with Crippen LogP contribution in [0.15, 0.2) is 48.7 Å². The molecule has 37 heavy (non-hydrogen) atoms. The van der Waals surface area contributed by atoms with Crippen molar-refractivity contribution in [2.24, 2.45) is 5.92 Å². The molecule has 1 amide bonds. The number of likely N-dealkylation sites (N-methyl/N-ethyl adjacent to an activating group) is 1. The van der Waals surface area contributed by atoms with Crippen molar-refractivity contribution in [3.8, 4) is 6.07 Å². The minimum Gasteiger partial charge on any atom is -0.331 e. The zero-order valence-electron chi connectivity index (χ0n) is 21.2. The summed E-state index contributed by atoms with van der Waals surface area (Å²) in [5.41, 5.74) is 0.177. The van der Waals surface area contributed by atoms with Crippen LogP contribution < -0.4 is 0 Å². The minimum absolute atomic E-state index is 0.124. The zero-order valence-corrected chi connectivity index (χ0v) is 22.1. The molecule has 6 nitrogen and oxygen atoms in total. The molecule has 3 heterocycles. The van der Waals surface area contributed by atoms with E-state index >= 15 is 0 Å². The van der Waals surface area contributed by atoms with Crippen molar-refractivity contribution in [1.82, 2.24) is 19.6 Å². The number of amides is 1. The summed E-state index contributed by atoms with van der Waals surface area (Å²) >= 11 is 1.34. The lowest BCUT2D eigenvalue weighted by Gasteiger charge is -2.44. The van der Waals surface area contributed by atoms with Gasteiger partial charge in [0.2, 0.25) is 5.91 Å². The molecule has 0 aromatic carbocycles. The molecule has 2 unspecified atom stereocenters. The molecule has 196 valence electrons. The maximum atomic E-state index is 14.0. The number of aryl methyl sites for hydroxylation is 1. The van der Waals surface area contributed by atoms with E-state index in [4.69, 9.17) is 0 Å². The van der Waals surface area contributed by atoms with Crippen molar-refractivity contribution in [1.29, 1.82) is 5.26 Å². The Kier molecular flexibility index (Phi) is 7.76. The fourth-order valence-corrected chi connectivity index (χ4v) is 6.28. The summed E-state index contributed by atoms with van der Waals surface area (Å²) in [6.45, 7) is 4.99. The molecule has 0 bridgehead atoms. The smallest absolute Gasteiger partial charge is 0.331 e. The van der Waals surface area contributed by atoms with Crippen LogP contribution in [0.1, 0.15) is 52.3 Å². The van der Waals surface area contributed by atoms with Crippen LogP contribution in [0.3, 0.4) is 0 Å². The number of aromatic nitrogens is 2. The third kappa shape index (κ3) is 5.43.